The minimum Gasteiger partial charge on any atom is -0.379 e. The Hall–Kier alpha value is 0.120. The number of rotatable bonds is 4. The summed E-state index contributed by atoms with van der Waals surface area (Å²) in [5, 5.41) is -0.498. The molecule has 0 aliphatic carbocycles. The third-order valence-electron chi connectivity index (χ3n) is 3.77. The molecule has 0 bridgehead atoms. The van der Waals surface area contributed by atoms with Gasteiger partial charge in [-0.25, -0.2) is 12.7 Å². The Bertz CT molecular complexity index is 370. The second-order valence-corrected chi connectivity index (χ2v) is 7.62. The van der Waals surface area contributed by atoms with E-state index in [0.29, 0.717) is 19.1 Å². The Morgan fingerprint density at radius 3 is 2.61 bits per heavy atom. The van der Waals surface area contributed by atoms with Crippen LogP contribution in [-0.2, 0) is 14.8 Å². The highest BCUT2D eigenvalue weighted by Crippen LogP contribution is 2.22. The van der Waals surface area contributed by atoms with Gasteiger partial charge in [-0.1, -0.05) is 0 Å². The number of alkyl halides is 1. The highest BCUT2D eigenvalue weighted by Gasteiger charge is 2.36. The molecule has 0 radical (unpaired) electrons. The predicted molar refractivity (Wildman–Crippen MR) is 71.5 cm³/mol. The molecule has 2 saturated heterocycles. The van der Waals surface area contributed by atoms with E-state index in [2.05, 4.69) is 4.90 Å². The van der Waals surface area contributed by atoms with E-state index in [1.165, 1.54) is 0 Å². The van der Waals surface area contributed by atoms with Crippen molar-refractivity contribution in [3.63, 3.8) is 0 Å². The van der Waals surface area contributed by atoms with Gasteiger partial charge < -0.3 is 4.74 Å². The summed E-state index contributed by atoms with van der Waals surface area (Å²) in [6.07, 6.45) is 0.911. The summed E-state index contributed by atoms with van der Waals surface area (Å²) in [7, 11) is -3.22. The minimum atomic E-state index is -3.22. The van der Waals surface area contributed by atoms with Crippen molar-refractivity contribution < 1.29 is 13.2 Å². The Morgan fingerprint density at radius 2 is 2.00 bits per heavy atom. The Morgan fingerprint density at radius 1 is 1.33 bits per heavy atom. The fraction of sp³-hybridized carbons (Fsp3) is 1.00. The van der Waals surface area contributed by atoms with Crippen molar-refractivity contribution in [3.8, 4) is 0 Å². The zero-order chi connectivity index (χ0) is 13.2. The fourth-order valence-electron chi connectivity index (χ4n) is 2.52. The van der Waals surface area contributed by atoms with Gasteiger partial charge in [-0.15, -0.1) is 11.6 Å². The van der Waals surface area contributed by atoms with Crippen LogP contribution in [0.5, 0.6) is 0 Å². The molecule has 5 nitrogen and oxygen atoms in total. The van der Waals surface area contributed by atoms with E-state index in [4.69, 9.17) is 16.3 Å². The molecule has 18 heavy (non-hydrogen) atoms. The van der Waals surface area contributed by atoms with E-state index in [1.807, 2.05) is 0 Å². The zero-order valence-electron chi connectivity index (χ0n) is 10.7. The minimum absolute atomic E-state index is 0.154. The number of ether oxygens (including phenoxy) is 1. The van der Waals surface area contributed by atoms with Gasteiger partial charge in [-0.05, 0) is 13.3 Å². The molecule has 2 fully saturated rings. The Balaban J connectivity index is 1.95. The van der Waals surface area contributed by atoms with Gasteiger partial charge >= 0.3 is 0 Å². The van der Waals surface area contributed by atoms with Crippen LogP contribution in [0.3, 0.4) is 0 Å². The predicted octanol–water partition coefficient (Wildman–Crippen LogP) is 0.350. The SMILES string of the molecule is CC(CCl)S(=O)(=O)N1CCC(N2CCOCC2)C1. The molecule has 2 atom stereocenters. The summed E-state index contributed by atoms with van der Waals surface area (Å²) in [4.78, 5) is 2.34. The van der Waals surface area contributed by atoms with Crippen LogP contribution in [0, 0.1) is 0 Å². The van der Waals surface area contributed by atoms with Crippen LogP contribution >= 0.6 is 11.6 Å². The molecule has 2 aliphatic rings. The topological polar surface area (TPSA) is 49.9 Å². The molecule has 0 spiro atoms. The molecule has 0 aromatic heterocycles. The summed E-state index contributed by atoms with van der Waals surface area (Å²) >= 11 is 5.67. The quantitative estimate of drug-likeness (QED) is 0.703. The molecule has 2 heterocycles. The molecule has 2 rings (SSSR count). The number of morpholine rings is 1. The van der Waals surface area contributed by atoms with E-state index >= 15 is 0 Å². The number of hydrogen-bond acceptors (Lipinski definition) is 4. The van der Waals surface area contributed by atoms with E-state index in [0.717, 1.165) is 32.7 Å². The molecule has 2 aliphatic heterocycles. The maximum Gasteiger partial charge on any atom is 0.217 e. The molecule has 0 N–H and O–H groups in total. The van der Waals surface area contributed by atoms with Gasteiger partial charge in [0.2, 0.25) is 10.0 Å². The van der Waals surface area contributed by atoms with Crippen molar-refractivity contribution in [1.82, 2.24) is 9.21 Å². The van der Waals surface area contributed by atoms with Gasteiger partial charge in [0, 0.05) is 38.1 Å². The smallest absolute Gasteiger partial charge is 0.217 e. The summed E-state index contributed by atoms with van der Waals surface area (Å²) in [5.74, 6) is 0.154. The van der Waals surface area contributed by atoms with E-state index in [1.54, 1.807) is 11.2 Å². The third kappa shape index (κ3) is 2.99. The molecular weight excluding hydrogens is 276 g/mol. The second-order valence-electron chi connectivity index (χ2n) is 4.96. The lowest BCUT2D eigenvalue weighted by Crippen LogP contribution is -2.46. The molecule has 0 saturated carbocycles. The lowest BCUT2D eigenvalue weighted by Gasteiger charge is -2.32. The normalized spacial score (nSPS) is 29.6. The average Bonchev–Trinajstić information content (AvgIpc) is 2.89. The largest absolute Gasteiger partial charge is 0.379 e. The van der Waals surface area contributed by atoms with Gasteiger partial charge in [0.25, 0.3) is 0 Å². The van der Waals surface area contributed by atoms with Crippen LogP contribution in [0.15, 0.2) is 0 Å². The monoisotopic (exact) mass is 296 g/mol. The first-order valence-corrected chi connectivity index (χ1v) is 8.46. The first-order valence-electron chi connectivity index (χ1n) is 6.42. The number of hydrogen-bond donors (Lipinski definition) is 0. The summed E-state index contributed by atoms with van der Waals surface area (Å²) in [6, 6.07) is 0.339. The van der Waals surface area contributed by atoms with Crippen LogP contribution < -0.4 is 0 Å². The van der Waals surface area contributed by atoms with Crippen LogP contribution in [0.4, 0.5) is 0 Å². The van der Waals surface area contributed by atoms with Crippen molar-refractivity contribution in [3.05, 3.63) is 0 Å². The number of sulfonamides is 1. The van der Waals surface area contributed by atoms with Crippen LogP contribution in [0.2, 0.25) is 0 Å². The van der Waals surface area contributed by atoms with E-state index in [9.17, 15) is 8.42 Å². The van der Waals surface area contributed by atoms with Crippen molar-refractivity contribution in [2.75, 3.05) is 45.3 Å². The molecular formula is C11H21ClN2O3S. The molecule has 0 amide bonds. The van der Waals surface area contributed by atoms with Crippen LogP contribution in [-0.4, -0.2) is 74.2 Å². The first kappa shape index (κ1) is 14.5. The third-order valence-corrected chi connectivity index (χ3v) is 6.65. The van der Waals surface area contributed by atoms with Crippen molar-refractivity contribution in [1.29, 1.82) is 0 Å². The van der Waals surface area contributed by atoms with Gasteiger partial charge in [-0.2, -0.15) is 0 Å². The van der Waals surface area contributed by atoms with Crippen molar-refractivity contribution in [2.45, 2.75) is 24.6 Å². The number of nitrogens with zero attached hydrogens (tertiary/aromatic N) is 2. The first-order chi connectivity index (χ1) is 8.55. The molecule has 7 heteroatoms. The molecule has 0 aromatic carbocycles. The van der Waals surface area contributed by atoms with E-state index < -0.39 is 15.3 Å². The summed E-state index contributed by atoms with van der Waals surface area (Å²) in [5.41, 5.74) is 0. The zero-order valence-corrected chi connectivity index (χ0v) is 12.3. The van der Waals surface area contributed by atoms with Gasteiger partial charge in [0.1, 0.15) is 0 Å². The maximum atomic E-state index is 12.2. The van der Waals surface area contributed by atoms with Gasteiger partial charge in [0.15, 0.2) is 0 Å². The molecule has 0 aromatic rings. The fourth-order valence-corrected chi connectivity index (χ4v) is 4.40. The summed E-state index contributed by atoms with van der Waals surface area (Å²) in [6.45, 7) is 6.20. The average molecular weight is 297 g/mol. The van der Waals surface area contributed by atoms with Crippen molar-refractivity contribution in [2.24, 2.45) is 0 Å². The Labute approximate surface area is 114 Å². The molecule has 2 unspecified atom stereocenters. The lowest BCUT2D eigenvalue weighted by atomic mass is 10.2. The van der Waals surface area contributed by atoms with Crippen LogP contribution in [0.25, 0.3) is 0 Å². The molecule has 106 valence electrons. The summed E-state index contributed by atoms with van der Waals surface area (Å²) < 4.78 is 31.3. The van der Waals surface area contributed by atoms with E-state index in [-0.39, 0.29) is 5.88 Å². The standard InChI is InChI=1S/C11H21ClN2O3S/c1-10(8-12)18(15,16)14-3-2-11(9-14)13-4-6-17-7-5-13/h10-11H,2-9H2,1H3. The van der Waals surface area contributed by atoms with Gasteiger partial charge in [-0.3, -0.25) is 4.90 Å². The maximum absolute atomic E-state index is 12.2. The van der Waals surface area contributed by atoms with Crippen LogP contribution in [0.1, 0.15) is 13.3 Å². The number of halogens is 1. The Kier molecular flexibility index (Phi) is 4.88. The van der Waals surface area contributed by atoms with Gasteiger partial charge in [0.05, 0.1) is 18.5 Å². The lowest BCUT2D eigenvalue weighted by molar-refractivity contribution is 0.0196. The van der Waals surface area contributed by atoms with Crippen molar-refractivity contribution >= 4 is 21.6 Å². The highest BCUT2D eigenvalue weighted by atomic mass is 35.5. The second kappa shape index (κ2) is 6.05. The highest BCUT2D eigenvalue weighted by molar-refractivity contribution is 7.89.